The van der Waals surface area contributed by atoms with Gasteiger partial charge in [0.2, 0.25) is 0 Å². The highest BCUT2D eigenvalue weighted by Gasteiger charge is 2.19. The number of aromatic nitrogens is 1. The van der Waals surface area contributed by atoms with Crippen LogP contribution in [0.3, 0.4) is 0 Å². The Kier molecular flexibility index (Phi) is 5.47. The van der Waals surface area contributed by atoms with Crippen molar-refractivity contribution in [2.24, 2.45) is 0 Å². The lowest BCUT2D eigenvalue weighted by molar-refractivity contribution is 0.560. The molecule has 2 nitrogen and oxygen atoms in total. The van der Waals surface area contributed by atoms with Crippen LogP contribution in [0.4, 0.5) is 0 Å². The topological polar surface area (TPSA) is 24.9 Å². The maximum atomic E-state index is 6.15. The second-order valence-electron chi connectivity index (χ2n) is 6.12. The molecule has 1 aromatic carbocycles. The van der Waals surface area contributed by atoms with Gasteiger partial charge < -0.3 is 5.32 Å². The molecule has 5 heteroatoms. The van der Waals surface area contributed by atoms with Crippen molar-refractivity contribution in [2.75, 3.05) is 7.05 Å². The van der Waals surface area contributed by atoms with Crippen molar-refractivity contribution < 1.29 is 0 Å². The fourth-order valence-electron chi connectivity index (χ4n) is 2.09. The van der Waals surface area contributed by atoms with Crippen molar-refractivity contribution in [1.29, 1.82) is 0 Å². The molecule has 1 N–H and O–H groups in total. The molecule has 2 rings (SSSR count). The van der Waals surface area contributed by atoms with Gasteiger partial charge in [0.25, 0.3) is 0 Å². The van der Waals surface area contributed by atoms with E-state index in [1.54, 1.807) is 11.3 Å². The Morgan fingerprint density at radius 3 is 2.57 bits per heavy atom. The molecule has 0 amide bonds. The van der Waals surface area contributed by atoms with Gasteiger partial charge in [0.1, 0.15) is 0 Å². The molecule has 1 atom stereocenters. The first-order valence-corrected chi connectivity index (χ1v) is 8.93. The lowest BCUT2D eigenvalue weighted by Gasteiger charge is -2.17. The molecule has 1 unspecified atom stereocenters. The van der Waals surface area contributed by atoms with E-state index in [0.29, 0.717) is 0 Å². The molecule has 21 heavy (non-hydrogen) atoms. The van der Waals surface area contributed by atoms with Gasteiger partial charge in [-0.3, -0.25) is 0 Å². The minimum absolute atomic E-state index is 0.100. The molecule has 1 heterocycles. The Labute approximate surface area is 144 Å². The second kappa shape index (κ2) is 6.78. The van der Waals surface area contributed by atoms with E-state index in [-0.39, 0.29) is 11.5 Å². The first kappa shape index (κ1) is 16.9. The van der Waals surface area contributed by atoms with Gasteiger partial charge in [-0.05, 0) is 30.8 Å². The van der Waals surface area contributed by atoms with Gasteiger partial charge in [0.05, 0.1) is 10.7 Å². The number of thiazole rings is 1. The summed E-state index contributed by atoms with van der Waals surface area (Å²) in [5.74, 6) is 0. The summed E-state index contributed by atoms with van der Waals surface area (Å²) in [4.78, 5) is 4.77. The summed E-state index contributed by atoms with van der Waals surface area (Å²) in [7, 11) is 1.97. The molecule has 0 saturated heterocycles. The summed E-state index contributed by atoms with van der Waals surface area (Å²) >= 11 is 11.4. The summed E-state index contributed by atoms with van der Waals surface area (Å²) in [6.07, 6.45) is 0.865. The SMILES string of the molecule is CNC(Cc1nc(C(C)(C)C)cs1)c1cc(Cl)cc(Br)c1. The molecule has 0 fully saturated rings. The third-order valence-corrected chi connectivity index (χ3v) is 4.88. The van der Waals surface area contributed by atoms with Crippen LogP contribution in [0, 0.1) is 0 Å². The zero-order chi connectivity index (χ0) is 15.6. The number of hydrogen-bond donors (Lipinski definition) is 1. The molecule has 1 aromatic heterocycles. The summed E-state index contributed by atoms with van der Waals surface area (Å²) in [6.45, 7) is 6.57. The van der Waals surface area contributed by atoms with Crippen molar-refractivity contribution in [3.63, 3.8) is 0 Å². The molecule has 0 bridgehead atoms. The third-order valence-electron chi connectivity index (χ3n) is 3.33. The van der Waals surface area contributed by atoms with Gasteiger partial charge >= 0.3 is 0 Å². The molecule has 0 radical (unpaired) electrons. The van der Waals surface area contributed by atoms with E-state index in [4.69, 9.17) is 16.6 Å². The highest BCUT2D eigenvalue weighted by Crippen LogP contribution is 2.29. The zero-order valence-electron chi connectivity index (χ0n) is 12.7. The molecule has 0 aliphatic rings. The third kappa shape index (κ3) is 4.52. The van der Waals surface area contributed by atoms with Crippen LogP contribution in [0.25, 0.3) is 0 Å². The van der Waals surface area contributed by atoms with Crippen molar-refractivity contribution in [2.45, 2.75) is 38.6 Å². The number of hydrogen-bond acceptors (Lipinski definition) is 3. The van der Waals surface area contributed by atoms with Crippen molar-refractivity contribution in [3.05, 3.63) is 49.3 Å². The Morgan fingerprint density at radius 1 is 1.33 bits per heavy atom. The van der Waals surface area contributed by atoms with E-state index < -0.39 is 0 Å². The normalized spacial score (nSPS) is 13.4. The Hall–Kier alpha value is -0.420. The lowest BCUT2D eigenvalue weighted by Crippen LogP contribution is -2.19. The van der Waals surface area contributed by atoms with E-state index in [0.717, 1.165) is 26.6 Å². The fraction of sp³-hybridized carbons (Fsp3) is 0.438. The minimum atomic E-state index is 0.100. The highest BCUT2D eigenvalue weighted by atomic mass is 79.9. The molecule has 0 saturated carbocycles. The van der Waals surface area contributed by atoms with Crippen molar-refractivity contribution in [3.8, 4) is 0 Å². The first-order chi connectivity index (χ1) is 9.79. The fourth-order valence-corrected chi connectivity index (χ4v) is 4.04. The van der Waals surface area contributed by atoms with E-state index in [1.807, 2.05) is 19.2 Å². The molecular formula is C16H20BrClN2S. The molecule has 0 aliphatic heterocycles. The number of likely N-dealkylation sites (N-methyl/N-ethyl adjacent to an activating group) is 1. The number of nitrogens with zero attached hydrogens (tertiary/aromatic N) is 1. The largest absolute Gasteiger partial charge is 0.313 e. The highest BCUT2D eigenvalue weighted by molar-refractivity contribution is 9.10. The predicted octanol–water partition coefficient (Wildman–Crippen LogP) is 5.36. The van der Waals surface area contributed by atoms with Gasteiger partial charge in [0, 0.05) is 32.8 Å². The molecule has 0 spiro atoms. The standard InChI is InChI=1S/C16H20BrClN2S/c1-16(2,3)14-9-21-15(20-14)8-13(19-4)10-5-11(17)7-12(18)6-10/h5-7,9,13,19H,8H2,1-4H3. The van der Waals surface area contributed by atoms with E-state index in [9.17, 15) is 0 Å². The monoisotopic (exact) mass is 386 g/mol. The average molecular weight is 388 g/mol. The second-order valence-corrected chi connectivity index (χ2v) is 8.42. The molecule has 0 aliphatic carbocycles. The smallest absolute Gasteiger partial charge is 0.0947 e. The zero-order valence-corrected chi connectivity index (χ0v) is 15.9. The van der Waals surface area contributed by atoms with Gasteiger partial charge in [-0.15, -0.1) is 11.3 Å². The van der Waals surface area contributed by atoms with Crippen LogP contribution in [-0.2, 0) is 11.8 Å². The number of rotatable bonds is 4. The Bertz CT molecular complexity index is 599. The van der Waals surface area contributed by atoms with Gasteiger partial charge in [0.15, 0.2) is 0 Å². The first-order valence-electron chi connectivity index (χ1n) is 6.87. The minimum Gasteiger partial charge on any atom is -0.313 e. The Balaban J connectivity index is 2.21. The quantitative estimate of drug-likeness (QED) is 0.764. The maximum absolute atomic E-state index is 6.15. The van der Waals surface area contributed by atoms with Crippen LogP contribution in [0.1, 0.15) is 43.1 Å². The van der Waals surface area contributed by atoms with Crippen LogP contribution in [-0.4, -0.2) is 12.0 Å². The summed E-state index contributed by atoms with van der Waals surface area (Å²) < 4.78 is 1.000. The van der Waals surface area contributed by atoms with Crippen LogP contribution >= 0.6 is 38.9 Å². The van der Waals surface area contributed by atoms with E-state index in [1.165, 1.54) is 5.56 Å². The predicted molar refractivity (Wildman–Crippen MR) is 95.5 cm³/mol. The molecule has 114 valence electrons. The van der Waals surface area contributed by atoms with Gasteiger partial charge in [-0.2, -0.15) is 0 Å². The number of nitrogens with one attached hydrogen (secondary N) is 1. The summed E-state index contributed by atoms with van der Waals surface area (Å²) in [6, 6.07) is 6.22. The van der Waals surface area contributed by atoms with Crippen LogP contribution in [0.15, 0.2) is 28.1 Å². The van der Waals surface area contributed by atoms with Gasteiger partial charge in [-0.1, -0.05) is 48.3 Å². The molecule has 2 aromatic rings. The van der Waals surface area contributed by atoms with Crippen molar-refractivity contribution in [1.82, 2.24) is 10.3 Å². The van der Waals surface area contributed by atoms with Crippen molar-refractivity contribution >= 4 is 38.9 Å². The van der Waals surface area contributed by atoms with E-state index in [2.05, 4.69) is 53.5 Å². The Morgan fingerprint density at radius 2 is 2.05 bits per heavy atom. The number of halogens is 2. The summed E-state index contributed by atoms with van der Waals surface area (Å²) in [5, 5.41) is 7.41. The van der Waals surface area contributed by atoms with Gasteiger partial charge in [-0.25, -0.2) is 4.98 Å². The van der Waals surface area contributed by atoms with Crippen LogP contribution < -0.4 is 5.32 Å². The van der Waals surface area contributed by atoms with Crippen LogP contribution in [0.5, 0.6) is 0 Å². The number of benzene rings is 1. The summed E-state index contributed by atoms with van der Waals surface area (Å²) in [5.41, 5.74) is 2.43. The van der Waals surface area contributed by atoms with Crippen LogP contribution in [0.2, 0.25) is 5.02 Å². The maximum Gasteiger partial charge on any atom is 0.0947 e. The lowest BCUT2D eigenvalue weighted by atomic mass is 9.93. The van der Waals surface area contributed by atoms with E-state index >= 15 is 0 Å². The average Bonchev–Trinajstić information content (AvgIpc) is 2.83. The molecular weight excluding hydrogens is 368 g/mol.